The Morgan fingerprint density at radius 1 is 1.10 bits per heavy atom. The van der Waals surface area contributed by atoms with Gasteiger partial charge in [0.05, 0.1) is 4.90 Å². The van der Waals surface area contributed by atoms with Crippen LogP contribution in [0.2, 0.25) is 0 Å². The van der Waals surface area contributed by atoms with Crippen LogP contribution in [0.15, 0.2) is 40.4 Å². The predicted molar refractivity (Wildman–Crippen MR) is 106 cm³/mol. The number of guanidine groups is 1. The van der Waals surface area contributed by atoms with Crippen LogP contribution in [0, 0.1) is 0 Å². The molecule has 0 unspecified atom stereocenters. The van der Waals surface area contributed by atoms with Gasteiger partial charge in [-0.25, -0.2) is 8.42 Å². The molecule has 1 rings (SSSR count). The van der Waals surface area contributed by atoms with E-state index in [-0.39, 0.29) is 29.7 Å². The topological polar surface area (TPSA) is 186 Å². The number of carboxylic acids is 1. The molecule has 1 atom stereocenters. The van der Waals surface area contributed by atoms with E-state index in [1.165, 1.54) is 24.3 Å². The van der Waals surface area contributed by atoms with Crippen molar-refractivity contribution in [3.63, 3.8) is 0 Å². The first-order valence-corrected chi connectivity index (χ1v) is 10.5. The molecule has 12 heteroatoms. The van der Waals surface area contributed by atoms with E-state index in [4.69, 9.17) is 16.3 Å². The number of unbranched alkanes of at least 4 members (excludes halogenated alkanes) is 3. The molecule has 0 aliphatic rings. The number of oxime groups is 1. The van der Waals surface area contributed by atoms with Crippen LogP contribution in [0.5, 0.6) is 0 Å². The fourth-order valence-electron chi connectivity index (χ4n) is 2.26. The molecule has 1 aromatic rings. The van der Waals surface area contributed by atoms with Crippen molar-refractivity contribution in [3.05, 3.63) is 30.3 Å². The Balaban J connectivity index is 2.32. The first-order valence-electron chi connectivity index (χ1n) is 9.00. The van der Waals surface area contributed by atoms with Crippen molar-refractivity contribution in [2.75, 3.05) is 13.2 Å². The third-order valence-electron chi connectivity index (χ3n) is 3.71. The molecule has 0 heterocycles. The van der Waals surface area contributed by atoms with Gasteiger partial charge in [0, 0.05) is 13.0 Å². The predicted octanol–water partition coefficient (Wildman–Crippen LogP) is -0.310. The second-order valence-corrected chi connectivity index (χ2v) is 7.86. The van der Waals surface area contributed by atoms with Gasteiger partial charge in [0.25, 0.3) is 0 Å². The lowest BCUT2D eigenvalue weighted by Crippen LogP contribution is -2.48. The summed E-state index contributed by atoms with van der Waals surface area (Å²) in [6, 6.07) is 5.92. The van der Waals surface area contributed by atoms with Crippen molar-refractivity contribution in [1.29, 1.82) is 0 Å². The highest BCUT2D eigenvalue weighted by Gasteiger charge is 2.25. The third kappa shape index (κ3) is 10.3. The molecule has 11 nitrogen and oxygen atoms in total. The third-order valence-corrected chi connectivity index (χ3v) is 5.20. The second kappa shape index (κ2) is 12.6. The normalized spacial score (nSPS) is 12.0. The average Bonchev–Trinajstić information content (AvgIpc) is 2.67. The smallest absolute Gasteiger partial charge is 0.323 e. The summed E-state index contributed by atoms with van der Waals surface area (Å²) in [5.41, 5.74) is 10.2. The van der Waals surface area contributed by atoms with Crippen LogP contribution in [-0.4, -0.2) is 50.6 Å². The summed E-state index contributed by atoms with van der Waals surface area (Å²) in [7, 11) is -4.01. The number of carbonyl (C=O) groups excluding carboxylic acids is 1. The van der Waals surface area contributed by atoms with Gasteiger partial charge in [-0.15, -0.1) is 0 Å². The molecule has 1 aromatic carbocycles. The van der Waals surface area contributed by atoms with Crippen LogP contribution in [0.3, 0.4) is 0 Å². The Bertz CT molecular complexity index is 781. The number of carbonyl (C=O) groups is 2. The van der Waals surface area contributed by atoms with Crippen LogP contribution >= 0.6 is 0 Å². The number of carboxylic acid groups (broad SMARTS) is 1. The summed E-state index contributed by atoms with van der Waals surface area (Å²) in [6.07, 6.45) is 3.10. The fourth-order valence-corrected chi connectivity index (χ4v) is 3.47. The Kier molecular flexibility index (Phi) is 10.5. The van der Waals surface area contributed by atoms with E-state index in [9.17, 15) is 23.1 Å². The lowest BCUT2D eigenvalue weighted by atomic mass is 10.1. The molecule has 0 aromatic heterocycles. The Morgan fingerprint density at radius 2 is 1.76 bits per heavy atom. The summed E-state index contributed by atoms with van der Waals surface area (Å²) in [4.78, 5) is 28.0. The molecule has 0 aliphatic heterocycles. The van der Waals surface area contributed by atoms with Gasteiger partial charge < -0.3 is 26.7 Å². The summed E-state index contributed by atoms with van der Waals surface area (Å²) >= 11 is 0. The van der Waals surface area contributed by atoms with Crippen molar-refractivity contribution in [1.82, 2.24) is 10.0 Å². The van der Waals surface area contributed by atoms with Crippen LogP contribution in [0.1, 0.15) is 32.1 Å². The summed E-state index contributed by atoms with van der Waals surface area (Å²) in [6.45, 7) is 0.0124. The van der Waals surface area contributed by atoms with E-state index in [0.717, 1.165) is 19.3 Å². The highest BCUT2D eigenvalue weighted by molar-refractivity contribution is 7.89. The van der Waals surface area contributed by atoms with Gasteiger partial charge in [-0.05, 0) is 36.6 Å². The minimum absolute atomic E-state index is 0.0543. The van der Waals surface area contributed by atoms with E-state index < -0.39 is 22.0 Å². The van der Waals surface area contributed by atoms with Crippen molar-refractivity contribution < 1.29 is 28.0 Å². The number of aliphatic carboxylic acids is 1. The van der Waals surface area contributed by atoms with Gasteiger partial charge in [0.1, 0.15) is 12.6 Å². The van der Waals surface area contributed by atoms with E-state index in [0.29, 0.717) is 13.0 Å². The molecule has 7 N–H and O–H groups in total. The molecule has 0 saturated heterocycles. The number of amides is 1. The first kappa shape index (κ1) is 24.2. The average molecular weight is 429 g/mol. The highest BCUT2D eigenvalue weighted by Crippen LogP contribution is 2.08. The minimum Gasteiger partial charge on any atom is -0.480 e. The molecular weight excluding hydrogens is 402 g/mol. The van der Waals surface area contributed by atoms with Crippen LogP contribution in [-0.2, 0) is 24.4 Å². The number of benzene rings is 1. The first-order chi connectivity index (χ1) is 13.7. The lowest BCUT2D eigenvalue weighted by Gasteiger charge is -2.15. The van der Waals surface area contributed by atoms with Gasteiger partial charge in [0.15, 0.2) is 0 Å². The van der Waals surface area contributed by atoms with Gasteiger partial charge in [0.2, 0.25) is 21.9 Å². The van der Waals surface area contributed by atoms with Gasteiger partial charge in [-0.2, -0.15) is 4.72 Å². The van der Waals surface area contributed by atoms with Crippen LogP contribution in [0.4, 0.5) is 0 Å². The monoisotopic (exact) mass is 429 g/mol. The molecule has 0 saturated carbocycles. The molecular formula is C17H27N5O6S. The Morgan fingerprint density at radius 3 is 2.38 bits per heavy atom. The Hall–Kier alpha value is -2.86. The molecule has 29 heavy (non-hydrogen) atoms. The van der Waals surface area contributed by atoms with E-state index in [2.05, 4.69) is 15.2 Å². The van der Waals surface area contributed by atoms with E-state index in [1.54, 1.807) is 6.07 Å². The maximum Gasteiger partial charge on any atom is 0.323 e. The maximum atomic E-state index is 12.2. The highest BCUT2D eigenvalue weighted by atomic mass is 32.2. The molecule has 0 spiro atoms. The van der Waals surface area contributed by atoms with Gasteiger partial charge in [-0.1, -0.05) is 24.6 Å². The van der Waals surface area contributed by atoms with Crippen molar-refractivity contribution in [3.8, 4) is 0 Å². The zero-order chi connectivity index (χ0) is 21.7. The summed E-state index contributed by atoms with van der Waals surface area (Å²) in [5, 5.41) is 15.1. The zero-order valence-corrected chi connectivity index (χ0v) is 16.7. The lowest BCUT2D eigenvalue weighted by molar-refractivity contribution is -0.138. The van der Waals surface area contributed by atoms with Crippen molar-refractivity contribution in [2.24, 2.45) is 16.6 Å². The second-order valence-electron chi connectivity index (χ2n) is 6.14. The molecule has 1 amide bonds. The number of rotatable bonds is 14. The van der Waals surface area contributed by atoms with Crippen LogP contribution in [0.25, 0.3) is 0 Å². The quantitative estimate of drug-likeness (QED) is 0.115. The fraction of sp³-hybridized carbons (Fsp3) is 0.471. The molecule has 0 bridgehead atoms. The SMILES string of the molecule is NC(N)=NOCCCCCCC(=O)NC[C@@H](NS(=O)(=O)c1ccccc1)C(=O)O. The number of hydrogen-bond donors (Lipinski definition) is 5. The van der Waals surface area contributed by atoms with Gasteiger partial charge in [-0.3, -0.25) is 9.59 Å². The minimum atomic E-state index is -4.01. The van der Waals surface area contributed by atoms with E-state index in [1.807, 2.05) is 0 Å². The molecule has 162 valence electrons. The molecule has 0 fully saturated rings. The van der Waals surface area contributed by atoms with Gasteiger partial charge >= 0.3 is 5.97 Å². The van der Waals surface area contributed by atoms with Crippen molar-refractivity contribution in [2.45, 2.75) is 43.0 Å². The van der Waals surface area contributed by atoms with Crippen molar-refractivity contribution >= 4 is 27.9 Å². The summed E-state index contributed by atoms with van der Waals surface area (Å²) in [5.74, 6) is -1.88. The number of nitrogens with one attached hydrogen (secondary N) is 2. The number of sulfonamides is 1. The largest absolute Gasteiger partial charge is 0.480 e. The molecule has 0 aliphatic carbocycles. The standard InChI is InChI=1S/C17H27N5O6S/c18-17(19)21-28-11-7-2-1-6-10-15(23)20-12-14(16(24)25)22-29(26,27)13-8-4-3-5-9-13/h3-5,8-9,14,22H,1-2,6-7,10-12H2,(H,20,23)(H,24,25)(H4,18,19,21)/t14-/m1/s1. The van der Waals surface area contributed by atoms with E-state index >= 15 is 0 Å². The zero-order valence-electron chi connectivity index (χ0n) is 15.9. The maximum absolute atomic E-state index is 12.2. The van der Waals surface area contributed by atoms with Crippen LogP contribution < -0.4 is 21.5 Å². The Labute approximate surface area is 169 Å². The number of nitrogens with zero attached hydrogens (tertiary/aromatic N) is 1. The number of nitrogens with two attached hydrogens (primary N) is 2. The summed E-state index contributed by atoms with van der Waals surface area (Å²) < 4.78 is 26.5. The number of hydrogen-bond acceptors (Lipinski definition) is 6. The molecule has 0 radical (unpaired) electrons.